The molecule has 0 saturated carbocycles. The summed E-state index contributed by atoms with van der Waals surface area (Å²) in [6, 6.07) is 6.73. The monoisotopic (exact) mass is 325 g/mol. The quantitative estimate of drug-likeness (QED) is 0.461. The Balaban J connectivity index is 2.61. The van der Waals surface area contributed by atoms with E-state index in [4.69, 9.17) is 58.0 Å². The van der Waals surface area contributed by atoms with Crippen molar-refractivity contribution in [2.75, 3.05) is 0 Å². The van der Waals surface area contributed by atoms with Crippen molar-refractivity contribution in [3.05, 3.63) is 49.6 Å². The summed E-state index contributed by atoms with van der Waals surface area (Å²) >= 11 is 29.5. The summed E-state index contributed by atoms with van der Waals surface area (Å²) in [5, 5.41) is 1.65. The molecule has 0 N–H and O–H groups in total. The second kappa shape index (κ2) is 5.21. The fourth-order valence-corrected chi connectivity index (χ4v) is 2.39. The van der Waals surface area contributed by atoms with Gasteiger partial charge in [-0.05, 0) is 29.8 Å². The number of rotatable bonds is 1. The van der Waals surface area contributed by atoms with Gasteiger partial charge >= 0.3 is 0 Å². The Morgan fingerprint density at radius 2 is 1.41 bits per heavy atom. The number of benzene rings is 1. The third-order valence-electron chi connectivity index (χ3n) is 2.11. The fraction of sp³-hybridized carbons (Fsp3) is 0. The molecule has 0 saturated heterocycles. The average molecular weight is 327 g/mol. The van der Waals surface area contributed by atoms with Crippen LogP contribution in [0.5, 0.6) is 0 Å². The molecule has 0 bridgehead atoms. The first-order chi connectivity index (χ1) is 7.99. The Bertz CT molecular complexity index is 559. The molecule has 17 heavy (non-hydrogen) atoms. The van der Waals surface area contributed by atoms with Gasteiger partial charge in [0.1, 0.15) is 10.3 Å². The number of halogens is 5. The van der Waals surface area contributed by atoms with Gasteiger partial charge in [0.2, 0.25) is 0 Å². The highest BCUT2D eigenvalue weighted by atomic mass is 35.5. The van der Waals surface area contributed by atoms with Gasteiger partial charge in [-0.1, -0.05) is 58.0 Å². The topological polar surface area (TPSA) is 12.9 Å². The van der Waals surface area contributed by atoms with Crippen molar-refractivity contribution < 1.29 is 0 Å². The van der Waals surface area contributed by atoms with E-state index in [0.29, 0.717) is 25.8 Å². The van der Waals surface area contributed by atoms with Gasteiger partial charge in [-0.2, -0.15) is 0 Å². The molecule has 0 aliphatic rings. The third-order valence-corrected chi connectivity index (χ3v) is 3.81. The average Bonchev–Trinajstić information content (AvgIpc) is 2.25. The van der Waals surface area contributed by atoms with Crippen LogP contribution in [0.2, 0.25) is 25.4 Å². The zero-order chi connectivity index (χ0) is 12.6. The summed E-state index contributed by atoms with van der Waals surface area (Å²) in [7, 11) is 0. The van der Waals surface area contributed by atoms with Crippen LogP contribution < -0.4 is 0 Å². The maximum atomic E-state index is 5.99. The van der Waals surface area contributed by atoms with Crippen molar-refractivity contribution in [1.29, 1.82) is 0 Å². The summed E-state index contributed by atoms with van der Waals surface area (Å²) in [6.45, 7) is 0. The molecule has 1 aromatic heterocycles. The first-order valence-corrected chi connectivity index (χ1v) is 6.35. The maximum absolute atomic E-state index is 5.99. The Kier molecular flexibility index (Phi) is 4.06. The number of pyridine rings is 1. The molecule has 1 nitrogen and oxygen atoms in total. The molecule has 0 radical (unpaired) electrons. The number of hydrogen-bond donors (Lipinski definition) is 0. The van der Waals surface area contributed by atoms with Gasteiger partial charge in [0.15, 0.2) is 0 Å². The number of aromatic nitrogens is 1. The van der Waals surface area contributed by atoms with Gasteiger partial charge in [-0.15, -0.1) is 0 Å². The van der Waals surface area contributed by atoms with E-state index in [1.807, 2.05) is 0 Å². The van der Waals surface area contributed by atoms with Crippen LogP contribution >= 0.6 is 58.0 Å². The van der Waals surface area contributed by atoms with E-state index in [0.717, 1.165) is 5.56 Å². The van der Waals surface area contributed by atoms with Gasteiger partial charge in [0.05, 0.1) is 15.1 Å². The van der Waals surface area contributed by atoms with Crippen LogP contribution in [-0.4, -0.2) is 4.98 Å². The van der Waals surface area contributed by atoms with Crippen LogP contribution in [0.25, 0.3) is 11.1 Å². The second-order valence-corrected chi connectivity index (χ2v) is 5.16. The largest absolute Gasteiger partial charge is 0.224 e. The van der Waals surface area contributed by atoms with Crippen molar-refractivity contribution >= 4 is 58.0 Å². The molecule has 0 atom stereocenters. The van der Waals surface area contributed by atoms with Crippen LogP contribution in [0, 0.1) is 0 Å². The van der Waals surface area contributed by atoms with E-state index in [1.165, 1.54) is 0 Å². The van der Waals surface area contributed by atoms with Crippen LogP contribution in [0.1, 0.15) is 0 Å². The van der Waals surface area contributed by atoms with Crippen LogP contribution in [0.15, 0.2) is 24.3 Å². The lowest BCUT2D eigenvalue weighted by Gasteiger charge is -2.07. The summed E-state index contributed by atoms with van der Waals surface area (Å²) in [6.07, 6.45) is 0. The Labute approximate surface area is 123 Å². The van der Waals surface area contributed by atoms with E-state index < -0.39 is 0 Å². The second-order valence-electron chi connectivity index (χ2n) is 3.23. The molecular weight excluding hydrogens is 323 g/mol. The molecule has 2 aromatic rings. The van der Waals surface area contributed by atoms with Crippen molar-refractivity contribution in [2.24, 2.45) is 0 Å². The lowest BCUT2D eigenvalue weighted by molar-refractivity contribution is 1.33. The molecule has 0 aliphatic heterocycles. The molecule has 2 rings (SSSR count). The minimum Gasteiger partial charge on any atom is -0.224 e. The summed E-state index contributed by atoms with van der Waals surface area (Å²) < 4.78 is 0. The van der Waals surface area contributed by atoms with Gasteiger partial charge in [-0.25, -0.2) is 4.98 Å². The van der Waals surface area contributed by atoms with Gasteiger partial charge in [0, 0.05) is 5.56 Å². The van der Waals surface area contributed by atoms with Crippen LogP contribution in [-0.2, 0) is 0 Å². The van der Waals surface area contributed by atoms with E-state index >= 15 is 0 Å². The predicted molar refractivity (Wildman–Crippen MR) is 74.7 cm³/mol. The highest BCUT2D eigenvalue weighted by Gasteiger charge is 2.10. The molecule has 0 spiro atoms. The normalized spacial score (nSPS) is 10.6. The van der Waals surface area contributed by atoms with Crippen molar-refractivity contribution in [1.82, 2.24) is 4.98 Å². The van der Waals surface area contributed by atoms with Crippen molar-refractivity contribution in [2.45, 2.75) is 0 Å². The Hall–Kier alpha value is -0.180. The summed E-state index contributed by atoms with van der Waals surface area (Å²) in [5.74, 6) is 0. The molecular formula is C11H4Cl5N. The number of hydrogen-bond acceptors (Lipinski definition) is 1. The lowest BCUT2D eigenvalue weighted by Crippen LogP contribution is -1.85. The van der Waals surface area contributed by atoms with E-state index in [9.17, 15) is 0 Å². The van der Waals surface area contributed by atoms with Crippen molar-refractivity contribution in [3.63, 3.8) is 0 Å². The molecule has 0 amide bonds. The smallest absolute Gasteiger partial charge is 0.138 e. The Morgan fingerprint density at radius 3 is 1.94 bits per heavy atom. The molecule has 0 aliphatic carbocycles. The molecule has 1 heterocycles. The van der Waals surface area contributed by atoms with E-state index in [1.54, 1.807) is 24.3 Å². The first-order valence-electron chi connectivity index (χ1n) is 4.46. The Morgan fingerprint density at radius 1 is 0.824 bits per heavy atom. The minimum absolute atomic E-state index is 0.284. The molecule has 88 valence electrons. The summed E-state index contributed by atoms with van der Waals surface area (Å²) in [4.78, 5) is 3.94. The van der Waals surface area contributed by atoms with E-state index in [-0.39, 0.29) is 5.15 Å². The standard InChI is InChI=1S/C11H4Cl5N/c12-7-3-5(4-8(13)10(7)15)6-1-2-9(14)17-11(6)16/h1-4H. The first kappa shape index (κ1) is 13.3. The zero-order valence-corrected chi connectivity index (χ0v) is 11.9. The SMILES string of the molecule is Clc1ccc(-c2cc(Cl)c(Cl)c(Cl)c2)c(Cl)n1. The predicted octanol–water partition coefficient (Wildman–Crippen LogP) is 6.02. The highest BCUT2D eigenvalue weighted by Crippen LogP contribution is 2.37. The van der Waals surface area contributed by atoms with Gasteiger partial charge < -0.3 is 0 Å². The molecule has 1 aromatic carbocycles. The molecule has 0 unspecified atom stereocenters. The lowest BCUT2D eigenvalue weighted by atomic mass is 10.1. The van der Waals surface area contributed by atoms with Gasteiger partial charge in [0.25, 0.3) is 0 Å². The third kappa shape index (κ3) is 2.81. The van der Waals surface area contributed by atoms with Gasteiger partial charge in [-0.3, -0.25) is 0 Å². The maximum Gasteiger partial charge on any atom is 0.138 e. The van der Waals surface area contributed by atoms with Crippen LogP contribution in [0.3, 0.4) is 0 Å². The zero-order valence-electron chi connectivity index (χ0n) is 8.15. The number of nitrogens with zero attached hydrogens (tertiary/aromatic N) is 1. The van der Waals surface area contributed by atoms with Crippen molar-refractivity contribution in [3.8, 4) is 11.1 Å². The summed E-state index contributed by atoms with van der Waals surface area (Å²) in [5.41, 5.74) is 1.43. The molecule has 6 heteroatoms. The molecule has 0 fully saturated rings. The minimum atomic E-state index is 0.284. The van der Waals surface area contributed by atoms with Crippen LogP contribution in [0.4, 0.5) is 0 Å². The van der Waals surface area contributed by atoms with E-state index in [2.05, 4.69) is 4.98 Å². The fourth-order valence-electron chi connectivity index (χ4n) is 1.34. The highest BCUT2D eigenvalue weighted by molar-refractivity contribution is 6.48.